The number of carbonyl (C=O) groups excluding carboxylic acids is 1. The molecule has 2 saturated heterocycles. The second-order valence-electron chi connectivity index (χ2n) is 5.98. The number of likely N-dealkylation sites (tertiary alicyclic amines) is 1. The van der Waals surface area contributed by atoms with Crippen molar-refractivity contribution in [3.8, 4) is 0 Å². The quantitative estimate of drug-likeness (QED) is 0.874. The molecule has 1 amide bonds. The van der Waals surface area contributed by atoms with E-state index >= 15 is 0 Å². The standard InChI is InChI=1S/C16H23N3O2/c17-15-11-21-10-14(15)16(20)18-13-5-3-12(4-6-13)9-19-7-1-2-8-19/h3-6,14-15H,1-2,7-11,17H2,(H,18,20). The Labute approximate surface area is 125 Å². The van der Waals surface area contributed by atoms with Gasteiger partial charge in [0.25, 0.3) is 0 Å². The van der Waals surface area contributed by atoms with Gasteiger partial charge in [-0.25, -0.2) is 0 Å². The number of rotatable bonds is 4. The van der Waals surface area contributed by atoms with Crippen molar-refractivity contribution >= 4 is 11.6 Å². The molecule has 1 aromatic carbocycles. The van der Waals surface area contributed by atoms with Crippen LogP contribution in [0.2, 0.25) is 0 Å². The first-order valence-electron chi connectivity index (χ1n) is 7.68. The molecular weight excluding hydrogens is 266 g/mol. The van der Waals surface area contributed by atoms with Gasteiger partial charge in [0.2, 0.25) is 5.91 Å². The van der Waals surface area contributed by atoms with Crippen molar-refractivity contribution in [2.75, 3.05) is 31.6 Å². The maximum atomic E-state index is 12.1. The van der Waals surface area contributed by atoms with Gasteiger partial charge >= 0.3 is 0 Å². The number of nitrogens with two attached hydrogens (primary N) is 1. The number of anilines is 1. The zero-order valence-corrected chi connectivity index (χ0v) is 12.3. The monoisotopic (exact) mass is 289 g/mol. The normalized spacial score (nSPS) is 26.1. The van der Waals surface area contributed by atoms with Gasteiger partial charge in [-0.2, -0.15) is 0 Å². The highest BCUT2D eigenvalue weighted by Gasteiger charge is 2.31. The molecule has 2 heterocycles. The molecule has 21 heavy (non-hydrogen) atoms. The maximum absolute atomic E-state index is 12.1. The van der Waals surface area contributed by atoms with E-state index in [0.717, 1.165) is 12.2 Å². The molecule has 114 valence electrons. The summed E-state index contributed by atoms with van der Waals surface area (Å²) in [6, 6.07) is 7.90. The van der Waals surface area contributed by atoms with Crippen LogP contribution in [-0.2, 0) is 16.1 Å². The van der Waals surface area contributed by atoms with Gasteiger partial charge < -0.3 is 15.8 Å². The molecule has 2 fully saturated rings. The van der Waals surface area contributed by atoms with Crippen molar-refractivity contribution in [1.29, 1.82) is 0 Å². The number of nitrogens with zero attached hydrogens (tertiary/aromatic N) is 1. The average molecular weight is 289 g/mol. The van der Waals surface area contributed by atoms with Crippen molar-refractivity contribution < 1.29 is 9.53 Å². The molecule has 5 nitrogen and oxygen atoms in total. The van der Waals surface area contributed by atoms with E-state index < -0.39 is 0 Å². The number of nitrogens with one attached hydrogen (secondary N) is 1. The van der Waals surface area contributed by atoms with Crippen molar-refractivity contribution in [3.63, 3.8) is 0 Å². The third kappa shape index (κ3) is 3.61. The fourth-order valence-corrected chi connectivity index (χ4v) is 2.97. The second-order valence-corrected chi connectivity index (χ2v) is 5.98. The lowest BCUT2D eigenvalue weighted by molar-refractivity contribution is -0.120. The fourth-order valence-electron chi connectivity index (χ4n) is 2.97. The largest absolute Gasteiger partial charge is 0.379 e. The summed E-state index contributed by atoms with van der Waals surface area (Å²) in [6.45, 7) is 4.26. The Morgan fingerprint density at radius 2 is 1.95 bits per heavy atom. The van der Waals surface area contributed by atoms with Crippen LogP contribution < -0.4 is 11.1 Å². The van der Waals surface area contributed by atoms with Gasteiger partial charge in [0.15, 0.2) is 0 Å². The molecule has 2 aliphatic heterocycles. The summed E-state index contributed by atoms with van der Waals surface area (Å²) in [5.41, 5.74) is 7.97. The molecule has 0 aliphatic carbocycles. The van der Waals surface area contributed by atoms with E-state index in [9.17, 15) is 4.79 Å². The van der Waals surface area contributed by atoms with Crippen LogP contribution in [0.5, 0.6) is 0 Å². The Hall–Kier alpha value is -1.43. The van der Waals surface area contributed by atoms with E-state index in [1.54, 1.807) is 0 Å². The number of amides is 1. The summed E-state index contributed by atoms with van der Waals surface area (Å²) in [4.78, 5) is 14.6. The van der Waals surface area contributed by atoms with Crippen LogP contribution in [0.25, 0.3) is 0 Å². The predicted octanol–water partition coefficient (Wildman–Crippen LogP) is 1.19. The molecule has 2 unspecified atom stereocenters. The summed E-state index contributed by atoms with van der Waals surface area (Å²) in [7, 11) is 0. The van der Waals surface area contributed by atoms with Gasteiger partial charge in [0.05, 0.1) is 19.1 Å². The van der Waals surface area contributed by atoms with Gasteiger partial charge in [0, 0.05) is 18.3 Å². The SMILES string of the molecule is NC1COCC1C(=O)Nc1ccc(CN2CCCC2)cc1. The minimum Gasteiger partial charge on any atom is -0.379 e. The van der Waals surface area contributed by atoms with E-state index in [1.165, 1.54) is 31.5 Å². The summed E-state index contributed by atoms with van der Waals surface area (Å²) in [5, 5.41) is 2.92. The summed E-state index contributed by atoms with van der Waals surface area (Å²) >= 11 is 0. The van der Waals surface area contributed by atoms with Crippen LogP contribution in [0.1, 0.15) is 18.4 Å². The zero-order chi connectivity index (χ0) is 14.7. The number of benzene rings is 1. The Morgan fingerprint density at radius 3 is 2.57 bits per heavy atom. The lowest BCUT2D eigenvalue weighted by atomic mass is 10.0. The van der Waals surface area contributed by atoms with E-state index in [4.69, 9.17) is 10.5 Å². The highest BCUT2D eigenvalue weighted by molar-refractivity contribution is 5.93. The predicted molar refractivity (Wildman–Crippen MR) is 81.9 cm³/mol. The summed E-state index contributed by atoms with van der Waals surface area (Å²) in [5.74, 6) is -0.290. The number of ether oxygens (including phenoxy) is 1. The summed E-state index contributed by atoms with van der Waals surface area (Å²) < 4.78 is 5.23. The minimum absolute atomic E-state index is 0.0488. The highest BCUT2D eigenvalue weighted by Crippen LogP contribution is 2.17. The van der Waals surface area contributed by atoms with Gasteiger partial charge in [0.1, 0.15) is 0 Å². The molecule has 2 atom stereocenters. The Balaban J connectivity index is 1.55. The number of hydrogen-bond acceptors (Lipinski definition) is 4. The summed E-state index contributed by atoms with van der Waals surface area (Å²) in [6.07, 6.45) is 2.61. The van der Waals surface area contributed by atoms with Crippen LogP contribution in [0.3, 0.4) is 0 Å². The fraction of sp³-hybridized carbons (Fsp3) is 0.562. The molecule has 0 radical (unpaired) electrons. The Bertz CT molecular complexity index is 483. The topological polar surface area (TPSA) is 67.6 Å². The maximum Gasteiger partial charge on any atom is 0.231 e. The van der Waals surface area contributed by atoms with E-state index in [-0.39, 0.29) is 17.9 Å². The molecule has 1 aromatic rings. The van der Waals surface area contributed by atoms with Gasteiger partial charge in [-0.3, -0.25) is 9.69 Å². The molecular formula is C16H23N3O2. The highest BCUT2D eigenvalue weighted by atomic mass is 16.5. The van der Waals surface area contributed by atoms with Gasteiger partial charge in [-0.05, 0) is 43.6 Å². The van der Waals surface area contributed by atoms with Crippen molar-refractivity contribution in [3.05, 3.63) is 29.8 Å². The van der Waals surface area contributed by atoms with Gasteiger partial charge in [-0.1, -0.05) is 12.1 Å². The number of carbonyl (C=O) groups is 1. The van der Waals surface area contributed by atoms with Crippen LogP contribution in [0, 0.1) is 5.92 Å². The molecule has 3 N–H and O–H groups in total. The van der Waals surface area contributed by atoms with Crippen molar-refractivity contribution in [1.82, 2.24) is 4.90 Å². The first-order chi connectivity index (χ1) is 10.2. The molecule has 2 aliphatic rings. The second kappa shape index (κ2) is 6.56. The molecule has 0 spiro atoms. The third-order valence-corrected chi connectivity index (χ3v) is 4.29. The van der Waals surface area contributed by atoms with Crippen molar-refractivity contribution in [2.45, 2.75) is 25.4 Å². The van der Waals surface area contributed by atoms with Crippen LogP contribution >= 0.6 is 0 Å². The lowest BCUT2D eigenvalue weighted by Gasteiger charge is -2.16. The van der Waals surface area contributed by atoms with Crippen molar-refractivity contribution in [2.24, 2.45) is 11.7 Å². The van der Waals surface area contributed by atoms with Crippen LogP contribution in [0.4, 0.5) is 5.69 Å². The number of hydrogen-bond donors (Lipinski definition) is 2. The third-order valence-electron chi connectivity index (χ3n) is 4.29. The zero-order valence-electron chi connectivity index (χ0n) is 12.3. The average Bonchev–Trinajstić information content (AvgIpc) is 3.12. The Morgan fingerprint density at radius 1 is 1.24 bits per heavy atom. The van der Waals surface area contributed by atoms with Gasteiger partial charge in [-0.15, -0.1) is 0 Å². The molecule has 3 rings (SSSR count). The van der Waals surface area contributed by atoms with E-state index in [2.05, 4.69) is 22.3 Å². The smallest absolute Gasteiger partial charge is 0.231 e. The molecule has 0 bridgehead atoms. The molecule has 0 saturated carbocycles. The lowest BCUT2D eigenvalue weighted by Crippen LogP contribution is -2.37. The Kier molecular flexibility index (Phi) is 4.53. The molecule has 5 heteroatoms. The van der Waals surface area contributed by atoms with E-state index in [1.807, 2.05) is 12.1 Å². The molecule has 0 aromatic heterocycles. The van der Waals surface area contributed by atoms with E-state index in [0.29, 0.717) is 13.2 Å². The first kappa shape index (κ1) is 14.5. The first-order valence-corrected chi connectivity index (χ1v) is 7.68. The minimum atomic E-state index is -0.241. The van der Waals surface area contributed by atoms with Crippen LogP contribution in [-0.4, -0.2) is 43.2 Å². The van der Waals surface area contributed by atoms with Crippen LogP contribution in [0.15, 0.2) is 24.3 Å².